The van der Waals surface area contributed by atoms with Crippen LogP contribution in [0.2, 0.25) is 0 Å². The molecule has 0 aromatic carbocycles. The summed E-state index contributed by atoms with van der Waals surface area (Å²) in [6.07, 6.45) is 5.09. The Morgan fingerprint density at radius 2 is 2.38 bits per heavy atom. The maximum absolute atomic E-state index is 11.2. The molecule has 1 N–H and O–H groups in total. The minimum atomic E-state index is -0.125. The zero-order chi connectivity index (χ0) is 8.13. The predicted molar refractivity (Wildman–Crippen MR) is 40.2 cm³/mol. The second-order valence-electron chi connectivity index (χ2n) is 2.61. The summed E-state index contributed by atoms with van der Waals surface area (Å²) in [6, 6.07) is 1.77. The molecule has 6 heteroatoms. The van der Waals surface area contributed by atoms with Crippen LogP contribution >= 0.6 is 0 Å². The van der Waals surface area contributed by atoms with E-state index in [0.29, 0.717) is 0 Å². The average molecular weight is 197 g/mol. The van der Waals surface area contributed by atoms with Gasteiger partial charge in [0.15, 0.2) is 5.52 Å². The van der Waals surface area contributed by atoms with Crippen molar-refractivity contribution in [2.75, 3.05) is 0 Å². The van der Waals surface area contributed by atoms with Crippen molar-refractivity contribution >= 4 is 11.2 Å². The van der Waals surface area contributed by atoms with Crippen LogP contribution in [0.15, 0.2) is 29.5 Å². The molecular formula is C7H5ClN4O. The lowest BCUT2D eigenvalue weighted by atomic mass is 10.5. The van der Waals surface area contributed by atoms with Crippen molar-refractivity contribution in [3.8, 4) is 0 Å². The van der Waals surface area contributed by atoms with E-state index in [4.69, 9.17) is 0 Å². The second-order valence-corrected chi connectivity index (χ2v) is 2.61. The lowest BCUT2D eigenvalue weighted by Crippen LogP contribution is -3.00. The third kappa shape index (κ3) is 0.844. The minimum absolute atomic E-state index is 0. The average Bonchev–Trinajstić information content (AvgIpc) is 2.60. The molecular weight excluding hydrogens is 192 g/mol. The molecule has 0 unspecified atom stereocenters. The van der Waals surface area contributed by atoms with Gasteiger partial charge >= 0.3 is 5.69 Å². The van der Waals surface area contributed by atoms with Crippen LogP contribution in [0.3, 0.4) is 0 Å². The molecule has 3 rings (SSSR count). The van der Waals surface area contributed by atoms with Crippen molar-refractivity contribution in [2.24, 2.45) is 0 Å². The molecule has 0 aliphatic carbocycles. The second kappa shape index (κ2) is 2.43. The first-order chi connectivity index (χ1) is 5.86. The number of H-pyrrole nitrogens is 1. The molecule has 66 valence electrons. The summed E-state index contributed by atoms with van der Waals surface area (Å²) >= 11 is 0. The summed E-state index contributed by atoms with van der Waals surface area (Å²) in [5.41, 5.74) is 1.48. The lowest BCUT2D eigenvalue weighted by molar-refractivity contribution is -0.526. The van der Waals surface area contributed by atoms with Crippen molar-refractivity contribution in [1.82, 2.24) is 14.6 Å². The van der Waals surface area contributed by atoms with Gasteiger partial charge in [-0.15, -0.1) is 9.61 Å². The maximum atomic E-state index is 11.2. The Bertz CT molecular complexity index is 598. The Morgan fingerprint density at radius 1 is 1.54 bits per heavy atom. The highest BCUT2D eigenvalue weighted by molar-refractivity contribution is 5.65. The van der Waals surface area contributed by atoms with Gasteiger partial charge in [-0.1, -0.05) is 0 Å². The van der Waals surface area contributed by atoms with Gasteiger partial charge in [-0.2, -0.15) is 4.40 Å². The van der Waals surface area contributed by atoms with Gasteiger partial charge in [0.25, 0.3) is 5.65 Å². The number of halogens is 1. The molecule has 0 saturated carbocycles. The maximum Gasteiger partial charge on any atom is 0.446 e. The Hall–Kier alpha value is -1.62. The van der Waals surface area contributed by atoms with Crippen LogP contribution in [0.4, 0.5) is 0 Å². The van der Waals surface area contributed by atoms with E-state index in [1.54, 1.807) is 29.2 Å². The highest BCUT2D eigenvalue weighted by atomic mass is 35.5. The monoisotopic (exact) mass is 196 g/mol. The van der Waals surface area contributed by atoms with E-state index in [-0.39, 0.29) is 18.1 Å². The molecule has 0 fully saturated rings. The molecule has 0 bridgehead atoms. The Morgan fingerprint density at radius 3 is 3.23 bits per heavy atom. The molecule has 0 saturated heterocycles. The Kier molecular flexibility index (Phi) is 1.50. The van der Waals surface area contributed by atoms with Gasteiger partial charge in [0.2, 0.25) is 0 Å². The van der Waals surface area contributed by atoms with Gasteiger partial charge in [-0.25, -0.2) is 9.78 Å². The summed E-state index contributed by atoms with van der Waals surface area (Å²) in [5.74, 6) is 0. The molecule has 0 aliphatic rings. The lowest BCUT2D eigenvalue weighted by Gasteiger charge is -1.81. The Labute approximate surface area is 78.4 Å². The fourth-order valence-corrected chi connectivity index (χ4v) is 1.42. The van der Waals surface area contributed by atoms with Crippen molar-refractivity contribution < 1.29 is 16.8 Å². The highest BCUT2D eigenvalue weighted by Gasteiger charge is 2.15. The van der Waals surface area contributed by atoms with Crippen molar-refractivity contribution in [3.05, 3.63) is 35.1 Å². The zero-order valence-corrected chi connectivity index (χ0v) is 7.19. The van der Waals surface area contributed by atoms with Gasteiger partial charge < -0.3 is 12.4 Å². The number of hydrogen-bond donors (Lipinski definition) is 1. The summed E-state index contributed by atoms with van der Waals surface area (Å²) in [4.78, 5) is 13.9. The first kappa shape index (κ1) is 8.00. The Balaban J connectivity index is 0.000000653. The molecule has 0 aliphatic heterocycles. The van der Waals surface area contributed by atoms with Gasteiger partial charge in [0.05, 0.1) is 6.20 Å². The van der Waals surface area contributed by atoms with E-state index < -0.39 is 0 Å². The van der Waals surface area contributed by atoms with E-state index in [0.717, 1.165) is 11.2 Å². The number of aromatic nitrogens is 4. The van der Waals surface area contributed by atoms with Gasteiger partial charge in [-0.3, -0.25) is 0 Å². The normalized spacial score (nSPS) is 10.8. The number of aromatic amines is 1. The summed E-state index contributed by atoms with van der Waals surface area (Å²) in [5, 5.41) is 4.04. The van der Waals surface area contributed by atoms with Crippen molar-refractivity contribution in [1.29, 1.82) is 0 Å². The topological polar surface area (TPSA) is 54.3 Å². The van der Waals surface area contributed by atoms with Gasteiger partial charge in [0, 0.05) is 6.07 Å². The fourth-order valence-electron chi connectivity index (χ4n) is 1.42. The van der Waals surface area contributed by atoms with Crippen LogP contribution in [-0.4, -0.2) is 14.6 Å². The molecule has 3 aromatic heterocycles. The van der Waals surface area contributed by atoms with Crippen LogP contribution in [0.25, 0.3) is 11.2 Å². The van der Waals surface area contributed by atoms with Gasteiger partial charge in [-0.05, 0) is 0 Å². The fraction of sp³-hybridized carbons (Fsp3) is 0. The van der Waals surface area contributed by atoms with Crippen LogP contribution < -0.4 is 22.5 Å². The van der Waals surface area contributed by atoms with Gasteiger partial charge in [0.1, 0.15) is 12.4 Å². The number of nitrogens with zero attached hydrogens (tertiary/aromatic N) is 3. The smallest absolute Gasteiger partial charge is 0.446 e. The summed E-state index contributed by atoms with van der Waals surface area (Å²) < 4.78 is 3.19. The molecule has 5 nitrogen and oxygen atoms in total. The number of rotatable bonds is 0. The molecule has 3 heterocycles. The van der Waals surface area contributed by atoms with Crippen molar-refractivity contribution in [2.45, 2.75) is 0 Å². The summed E-state index contributed by atoms with van der Waals surface area (Å²) in [6.45, 7) is 0. The number of hydrogen-bond acceptors (Lipinski definition) is 2. The molecule has 3 aromatic rings. The van der Waals surface area contributed by atoms with Crippen LogP contribution in [0, 0.1) is 0 Å². The third-order valence-corrected chi connectivity index (χ3v) is 1.94. The third-order valence-electron chi connectivity index (χ3n) is 1.94. The van der Waals surface area contributed by atoms with E-state index in [1.807, 2.05) is 0 Å². The standard InChI is InChI=1S/C7H4N4O.ClH/c12-7-9-5-1-2-8-11-4-3-10(7)6(5)11;/h1-4H;1H. The van der Waals surface area contributed by atoms with Crippen LogP contribution in [0.1, 0.15) is 0 Å². The molecule has 0 spiro atoms. The first-order valence-electron chi connectivity index (χ1n) is 3.55. The van der Waals surface area contributed by atoms with E-state index in [2.05, 4.69) is 10.1 Å². The van der Waals surface area contributed by atoms with E-state index in [9.17, 15) is 4.79 Å². The zero-order valence-electron chi connectivity index (χ0n) is 6.44. The van der Waals surface area contributed by atoms with Crippen LogP contribution in [0.5, 0.6) is 0 Å². The molecule has 0 radical (unpaired) electrons. The molecule has 0 atom stereocenters. The molecule has 13 heavy (non-hydrogen) atoms. The first-order valence-corrected chi connectivity index (χ1v) is 3.55. The number of imidazole rings is 2. The number of nitrogens with one attached hydrogen (secondary N) is 1. The highest BCUT2D eigenvalue weighted by Crippen LogP contribution is 2.01. The largest absolute Gasteiger partial charge is 1.00 e. The van der Waals surface area contributed by atoms with Crippen LogP contribution in [-0.2, 0) is 0 Å². The quantitative estimate of drug-likeness (QED) is 0.375. The van der Waals surface area contributed by atoms with Crippen molar-refractivity contribution in [3.63, 3.8) is 0 Å². The van der Waals surface area contributed by atoms with E-state index >= 15 is 0 Å². The SMILES string of the molecule is O=c1[nH]c2ccnn3cc[n+]1c23.[Cl-]. The van der Waals surface area contributed by atoms with E-state index in [1.165, 1.54) is 4.40 Å². The minimum Gasteiger partial charge on any atom is -1.00 e. The predicted octanol–water partition coefficient (Wildman–Crippen LogP) is -3.80. The molecule has 0 amide bonds. The summed E-state index contributed by atoms with van der Waals surface area (Å²) in [7, 11) is 0.